The van der Waals surface area contributed by atoms with Crippen molar-refractivity contribution in [2.45, 2.75) is 64.4 Å². The SMILES string of the molecule is CCCC(O)/C1=C/CCCCCC1. The molecule has 1 aliphatic carbocycles. The van der Waals surface area contributed by atoms with Crippen molar-refractivity contribution in [2.75, 3.05) is 0 Å². The Bertz CT molecular complexity index is 161. The Kier molecular flexibility index (Phi) is 5.14. The molecule has 0 bridgehead atoms. The van der Waals surface area contributed by atoms with Crippen LogP contribution in [0.2, 0.25) is 0 Å². The molecule has 0 saturated carbocycles. The molecule has 1 aliphatic rings. The number of allylic oxidation sites excluding steroid dienone is 1. The summed E-state index contributed by atoms with van der Waals surface area (Å²) in [6.07, 6.45) is 11.7. The number of hydrogen-bond donors (Lipinski definition) is 1. The lowest BCUT2D eigenvalue weighted by molar-refractivity contribution is 0.193. The van der Waals surface area contributed by atoms with Gasteiger partial charge in [-0.2, -0.15) is 0 Å². The van der Waals surface area contributed by atoms with Crippen LogP contribution in [0.3, 0.4) is 0 Å². The van der Waals surface area contributed by atoms with Crippen LogP contribution in [0, 0.1) is 0 Å². The molecule has 1 rings (SSSR count). The van der Waals surface area contributed by atoms with Crippen LogP contribution in [0.4, 0.5) is 0 Å². The van der Waals surface area contributed by atoms with Gasteiger partial charge in [-0.05, 0) is 37.7 Å². The molecule has 13 heavy (non-hydrogen) atoms. The van der Waals surface area contributed by atoms with Crippen LogP contribution < -0.4 is 0 Å². The minimum absolute atomic E-state index is 0.150. The van der Waals surface area contributed by atoms with Crippen LogP contribution in [0.5, 0.6) is 0 Å². The van der Waals surface area contributed by atoms with E-state index in [1.54, 1.807) is 0 Å². The smallest absolute Gasteiger partial charge is 0.0750 e. The van der Waals surface area contributed by atoms with E-state index in [1.165, 1.54) is 37.7 Å². The molecule has 1 nitrogen and oxygen atoms in total. The summed E-state index contributed by atoms with van der Waals surface area (Å²) in [6, 6.07) is 0. The zero-order valence-corrected chi connectivity index (χ0v) is 8.76. The zero-order valence-electron chi connectivity index (χ0n) is 8.76. The van der Waals surface area contributed by atoms with Gasteiger partial charge in [0, 0.05) is 0 Å². The van der Waals surface area contributed by atoms with Gasteiger partial charge in [-0.25, -0.2) is 0 Å². The van der Waals surface area contributed by atoms with E-state index in [9.17, 15) is 5.11 Å². The molecular formula is C12H22O. The van der Waals surface area contributed by atoms with E-state index in [4.69, 9.17) is 0 Å². The third kappa shape index (κ3) is 3.95. The molecule has 76 valence electrons. The van der Waals surface area contributed by atoms with E-state index >= 15 is 0 Å². The highest BCUT2D eigenvalue weighted by atomic mass is 16.3. The molecule has 0 aromatic carbocycles. The average molecular weight is 182 g/mol. The fourth-order valence-corrected chi connectivity index (χ4v) is 1.98. The molecule has 1 N–H and O–H groups in total. The Morgan fingerprint density at radius 1 is 1.31 bits per heavy atom. The molecule has 1 unspecified atom stereocenters. The summed E-state index contributed by atoms with van der Waals surface area (Å²) >= 11 is 0. The van der Waals surface area contributed by atoms with E-state index in [0.717, 1.165) is 19.3 Å². The summed E-state index contributed by atoms with van der Waals surface area (Å²) in [7, 11) is 0. The summed E-state index contributed by atoms with van der Waals surface area (Å²) < 4.78 is 0. The summed E-state index contributed by atoms with van der Waals surface area (Å²) in [5.74, 6) is 0. The largest absolute Gasteiger partial charge is 0.389 e. The van der Waals surface area contributed by atoms with Gasteiger partial charge in [-0.15, -0.1) is 0 Å². The molecule has 0 aromatic rings. The van der Waals surface area contributed by atoms with E-state index in [-0.39, 0.29) is 6.10 Å². The van der Waals surface area contributed by atoms with E-state index in [0.29, 0.717) is 0 Å². The summed E-state index contributed by atoms with van der Waals surface area (Å²) in [6.45, 7) is 2.13. The van der Waals surface area contributed by atoms with Gasteiger partial charge in [-0.3, -0.25) is 0 Å². The number of rotatable bonds is 3. The van der Waals surface area contributed by atoms with Gasteiger partial charge in [0.25, 0.3) is 0 Å². The fraction of sp³-hybridized carbons (Fsp3) is 0.833. The molecule has 0 radical (unpaired) electrons. The van der Waals surface area contributed by atoms with Gasteiger partial charge in [0.1, 0.15) is 0 Å². The van der Waals surface area contributed by atoms with E-state index < -0.39 is 0 Å². The fourth-order valence-electron chi connectivity index (χ4n) is 1.98. The van der Waals surface area contributed by atoms with Crippen molar-refractivity contribution in [3.05, 3.63) is 11.6 Å². The first-order chi connectivity index (χ1) is 6.34. The van der Waals surface area contributed by atoms with E-state index in [2.05, 4.69) is 13.0 Å². The van der Waals surface area contributed by atoms with Crippen molar-refractivity contribution in [3.8, 4) is 0 Å². The van der Waals surface area contributed by atoms with Crippen molar-refractivity contribution >= 4 is 0 Å². The Balaban J connectivity index is 2.43. The zero-order chi connectivity index (χ0) is 9.52. The maximum absolute atomic E-state index is 9.82. The summed E-state index contributed by atoms with van der Waals surface area (Å²) in [4.78, 5) is 0. The lowest BCUT2D eigenvalue weighted by atomic mass is 9.94. The Morgan fingerprint density at radius 2 is 2.08 bits per heavy atom. The molecule has 0 amide bonds. The van der Waals surface area contributed by atoms with Crippen molar-refractivity contribution in [2.24, 2.45) is 0 Å². The standard InChI is InChI=1S/C12H22O/c1-2-8-12(13)11-9-6-4-3-5-7-10-11/h9,12-13H,2-8,10H2,1H3/b11-9+. The summed E-state index contributed by atoms with van der Waals surface area (Å²) in [5, 5.41) is 9.82. The first-order valence-electron chi connectivity index (χ1n) is 5.71. The molecule has 1 atom stereocenters. The van der Waals surface area contributed by atoms with Gasteiger partial charge in [-0.1, -0.05) is 32.3 Å². The Hall–Kier alpha value is -0.300. The minimum atomic E-state index is -0.150. The summed E-state index contributed by atoms with van der Waals surface area (Å²) in [5.41, 5.74) is 1.31. The molecule has 0 aliphatic heterocycles. The second kappa shape index (κ2) is 6.20. The van der Waals surface area contributed by atoms with Crippen LogP contribution in [0.25, 0.3) is 0 Å². The number of hydrogen-bond acceptors (Lipinski definition) is 1. The first-order valence-corrected chi connectivity index (χ1v) is 5.71. The number of aliphatic hydroxyl groups excluding tert-OH is 1. The van der Waals surface area contributed by atoms with Crippen molar-refractivity contribution < 1.29 is 5.11 Å². The monoisotopic (exact) mass is 182 g/mol. The van der Waals surface area contributed by atoms with E-state index in [1.807, 2.05) is 0 Å². The first kappa shape index (κ1) is 10.8. The van der Waals surface area contributed by atoms with Gasteiger partial charge in [0.15, 0.2) is 0 Å². The van der Waals surface area contributed by atoms with Crippen LogP contribution in [0.15, 0.2) is 11.6 Å². The van der Waals surface area contributed by atoms with Crippen LogP contribution in [-0.4, -0.2) is 11.2 Å². The van der Waals surface area contributed by atoms with Gasteiger partial charge >= 0.3 is 0 Å². The predicted molar refractivity (Wildman–Crippen MR) is 56.7 cm³/mol. The van der Waals surface area contributed by atoms with Crippen LogP contribution in [-0.2, 0) is 0 Å². The molecule has 1 heteroatoms. The third-order valence-electron chi connectivity index (χ3n) is 2.82. The predicted octanol–water partition coefficient (Wildman–Crippen LogP) is 3.43. The van der Waals surface area contributed by atoms with Gasteiger partial charge in [0.05, 0.1) is 6.10 Å². The quantitative estimate of drug-likeness (QED) is 0.663. The van der Waals surface area contributed by atoms with Crippen molar-refractivity contribution in [1.82, 2.24) is 0 Å². The molecular weight excluding hydrogens is 160 g/mol. The topological polar surface area (TPSA) is 20.2 Å². The number of aliphatic hydroxyl groups is 1. The highest BCUT2D eigenvalue weighted by molar-refractivity contribution is 5.08. The highest BCUT2D eigenvalue weighted by Crippen LogP contribution is 2.21. The maximum atomic E-state index is 9.82. The van der Waals surface area contributed by atoms with Crippen LogP contribution in [0.1, 0.15) is 58.3 Å². The third-order valence-corrected chi connectivity index (χ3v) is 2.82. The van der Waals surface area contributed by atoms with Crippen molar-refractivity contribution in [3.63, 3.8) is 0 Å². The Labute approximate surface area is 81.9 Å². The minimum Gasteiger partial charge on any atom is -0.389 e. The normalized spacial score (nSPS) is 25.5. The maximum Gasteiger partial charge on any atom is 0.0750 e. The second-order valence-electron chi connectivity index (χ2n) is 4.04. The van der Waals surface area contributed by atoms with Gasteiger partial charge < -0.3 is 5.11 Å². The van der Waals surface area contributed by atoms with Crippen LogP contribution >= 0.6 is 0 Å². The van der Waals surface area contributed by atoms with Gasteiger partial charge in [0.2, 0.25) is 0 Å². The lowest BCUT2D eigenvalue weighted by Crippen LogP contribution is -2.10. The molecule has 0 fully saturated rings. The Morgan fingerprint density at radius 3 is 2.85 bits per heavy atom. The molecule has 0 heterocycles. The lowest BCUT2D eigenvalue weighted by Gasteiger charge is -2.16. The average Bonchev–Trinajstić information content (AvgIpc) is 2.03. The highest BCUT2D eigenvalue weighted by Gasteiger charge is 2.10. The second-order valence-corrected chi connectivity index (χ2v) is 4.04. The molecule has 0 aromatic heterocycles. The molecule has 0 saturated heterocycles. The molecule has 0 spiro atoms. The van der Waals surface area contributed by atoms with Crippen molar-refractivity contribution in [1.29, 1.82) is 0 Å².